The quantitative estimate of drug-likeness (QED) is 0.623. The number of hydrogen-bond donors (Lipinski definition) is 1. The molecule has 1 amide bonds. The Morgan fingerprint density at radius 1 is 1.27 bits per heavy atom. The fraction of sp³-hybridized carbons (Fsp3) is 0.632. The molecule has 1 heterocycles. The Morgan fingerprint density at radius 3 is 2.54 bits per heavy atom. The van der Waals surface area contributed by atoms with Crippen LogP contribution in [0.5, 0.6) is 0 Å². The molecule has 0 radical (unpaired) electrons. The van der Waals surface area contributed by atoms with Gasteiger partial charge in [-0.25, -0.2) is 4.79 Å². The number of fused-ring (bicyclic) bond motifs is 1. The Balaban J connectivity index is 2.32. The van der Waals surface area contributed by atoms with Crippen LogP contribution >= 0.6 is 11.3 Å². The molecule has 0 bridgehead atoms. The lowest BCUT2D eigenvalue weighted by atomic mass is 9.72. The highest BCUT2D eigenvalue weighted by Gasteiger charge is 2.34. The van der Waals surface area contributed by atoms with E-state index < -0.39 is 17.8 Å². The van der Waals surface area contributed by atoms with E-state index in [1.807, 2.05) is 0 Å². The summed E-state index contributed by atoms with van der Waals surface area (Å²) in [5.41, 5.74) is 1.60. The second-order valence-corrected chi connectivity index (χ2v) is 8.64. The van der Waals surface area contributed by atoms with Gasteiger partial charge in [0.05, 0.1) is 19.3 Å². The van der Waals surface area contributed by atoms with E-state index in [1.165, 1.54) is 18.4 Å². The third kappa shape index (κ3) is 4.63. The Morgan fingerprint density at radius 2 is 1.96 bits per heavy atom. The molecule has 1 atom stereocenters. The number of thiophene rings is 1. The van der Waals surface area contributed by atoms with Crippen LogP contribution in [0, 0.1) is 11.3 Å². The van der Waals surface area contributed by atoms with Crippen LogP contribution in [0.15, 0.2) is 0 Å². The van der Waals surface area contributed by atoms with Crippen molar-refractivity contribution in [2.45, 2.75) is 53.4 Å². The normalized spacial score (nSPS) is 16.6. The van der Waals surface area contributed by atoms with Gasteiger partial charge in [-0.15, -0.1) is 11.3 Å². The van der Waals surface area contributed by atoms with Crippen molar-refractivity contribution in [2.24, 2.45) is 11.3 Å². The van der Waals surface area contributed by atoms with Crippen molar-refractivity contribution in [3.63, 3.8) is 0 Å². The van der Waals surface area contributed by atoms with Crippen LogP contribution in [-0.4, -0.2) is 31.6 Å². The number of hydrogen-bond acceptors (Lipinski definition) is 6. The average molecular weight is 381 g/mol. The van der Waals surface area contributed by atoms with Crippen molar-refractivity contribution < 1.29 is 23.9 Å². The number of anilines is 1. The van der Waals surface area contributed by atoms with Gasteiger partial charge in [0.2, 0.25) is 5.91 Å². The summed E-state index contributed by atoms with van der Waals surface area (Å²) in [6.07, 6.45) is 2.28. The summed E-state index contributed by atoms with van der Waals surface area (Å²) in [5.74, 6) is -1.02. The third-order valence-corrected chi connectivity index (χ3v) is 5.92. The van der Waals surface area contributed by atoms with Crippen LogP contribution in [0.1, 0.15) is 61.3 Å². The number of carbonyl (C=O) groups is 3. The maximum absolute atomic E-state index is 12.5. The highest BCUT2D eigenvalue weighted by atomic mass is 32.1. The molecule has 7 heteroatoms. The van der Waals surface area contributed by atoms with Gasteiger partial charge in [0, 0.05) is 4.88 Å². The Hall–Kier alpha value is -1.89. The average Bonchev–Trinajstić information content (AvgIpc) is 2.90. The minimum absolute atomic E-state index is 0.181. The number of amides is 1. The van der Waals surface area contributed by atoms with Gasteiger partial charge in [0.1, 0.15) is 11.4 Å². The maximum atomic E-state index is 12.5. The van der Waals surface area contributed by atoms with Gasteiger partial charge in [0.15, 0.2) is 0 Å². The molecule has 6 nitrogen and oxygen atoms in total. The van der Waals surface area contributed by atoms with E-state index in [9.17, 15) is 14.4 Å². The number of esters is 2. The van der Waals surface area contributed by atoms with Crippen LogP contribution in [-0.2, 0) is 31.9 Å². The molecule has 0 saturated carbocycles. The van der Waals surface area contributed by atoms with Crippen molar-refractivity contribution in [3.8, 4) is 0 Å². The van der Waals surface area contributed by atoms with E-state index in [0.717, 1.165) is 29.7 Å². The van der Waals surface area contributed by atoms with Crippen LogP contribution in [0.3, 0.4) is 0 Å². The number of methoxy groups -OCH3 is 1. The van der Waals surface area contributed by atoms with E-state index in [1.54, 1.807) is 6.92 Å². The van der Waals surface area contributed by atoms with Crippen LogP contribution in [0.2, 0.25) is 0 Å². The molecule has 0 spiro atoms. The van der Waals surface area contributed by atoms with Crippen molar-refractivity contribution >= 4 is 34.2 Å². The lowest BCUT2D eigenvalue weighted by molar-refractivity contribution is -0.142. The van der Waals surface area contributed by atoms with E-state index in [4.69, 9.17) is 4.74 Å². The molecule has 1 aliphatic carbocycles. The molecular formula is C19H27NO5S. The molecule has 144 valence electrons. The minimum Gasteiger partial charge on any atom is -0.469 e. The van der Waals surface area contributed by atoms with Gasteiger partial charge >= 0.3 is 11.9 Å². The van der Waals surface area contributed by atoms with Crippen molar-refractivity contribution in [1.29, 1.82) is 0 Å². The first kappa shape index (κ1) is 20.4. The third-order valence-electron chi connectivity index (χ3n) is 4.76. The predicted molar refractivity (Wildman–Crippen MR) is 101 cm³/mol. The second kappa shape index (κ2) is 8.20. The van der Waals surface area contributed by atoms with Crippen molar-refractivity contribution in [3.05, 3.63) is 16.0 Å². The molecule has 0 aromatic carbocycles. The van der Waals surface area contributed by atoms with Crippen LogP contribution in [0.4, 0.5) is 5.00 Å². The molecule has 0 saturated heterocycles. The summed E-state index contributed by atoms with van der Waals surface area (Å²) >= 11 is 1.41. The molecule has 1 N–H and O–H groups in total. The summed E-state index contributed by atoms with van der Waals surface area (Å²) < 4.78 is 9.72. The van der Waals surface area contributed by atoms with Gasteiger partial charge in [-0.05, 0) is 43.1 Å². The monoisotopic (exact) mass is 381 g/mol. The largest absolute Gasteiger partial charge is 0.469 e. The SMILES string of the molecule is CCOC(=O)c1c(NC(=O)CC(=O)OC)sc2c1CC[C@@H](C(C)(C)C)C2. The summed E-state index contributed by atoms with van der Waals surface area (Å²) in [6, 6.07) is 0. The summed E-state index contributed by atoms with van der Waals surface area (Å²) in [7, 11) is 1.23. The van der Waals surface area contributed by atoms with Gasteiger partial charge in [-0.2, -0.15) is 0 Å². The molecule has 1 aromatic rings. The highest BCUT2D eigenvalue weighted by Crippen LogP contribution is 2.44. The second-order valence-electron chi connectivity index (χ2n) is 7.54. The first-order valence-electron chi connectivity index (χ1n) is 8.85. The topological polar surface area (TPSA) is 81.7 Å². The summed E-state index contributed by atoms with van der Waals surface area (Å²) in [4.78, 5) is 37.0. The standard InChI is InChI=1S/C19H27NO5S/c1-6-25-18(23)16-12-8-7-11(19(2,3)4)9-13(12)26-17(16)20-14(21)10-15(22)24-5/h11H,6-10H2,1-5H3,(H,20,21)/t11-/m1/s1. The first-order valence-corrected chi connectivity index (χ1v) is 9.67. The number of rotatable bonds is 5. The Bertz CT molecular complexity index is 702. The van der Waals surface area contributed by atoms with Gasteiger partial charge < -0.3 is 14.8 Å². The summed E-state index contributed by atoms with van der Waals surface area (Å²) in [5, 5.41) is 3.17. The number of ether oxygens (including phenoxy) is 2. The van der Waals surface area contributed by atoms with E-state index in [0.29, 0.717) is 16.5 Å². The number of carbonyl (C=O) groups excluding carboxylic acids is 3. The van der Waals surface area contributed by atoms with E-state index in [2.05, 4.69) is 30.8 Å². The molecule has 26 heavy (non-hydrogen) atoms. The summed E-state index contributed by atoms with van der Waals surface area (Å²) in [6.45, 7) is 8.69. The maximum Gasteiger partial charge on any atom is 0.341 e. The highest BCUT2D eigenvalue weighted by molar-refractivity contribution is 7.17. The van der Waals surface area contributed by atoms with Crippen molar-refractivity contribution in [2.75, 3.05) is 19.0 Å². The fourth-order valence-corrected chi connectivity index (χ4v) is 4.54. The smallest absolute Gasteiger partial charge is 0.341 e. The van der Waals surface area contributed by atoms with Crippen LogP contribution < -0.4 is 5.32 Å². The zero-order valence-electron chi connectivity index (χ0n) is 16.1. The Labute approximate surface area is 158 Å². The number of nitrogens with one attached hydrogen (secondary N) is 1. The minimum atomic E-state index is -0.616. The Kier molecular flexibility index (Phi) is 6.44. The molecule has 0 unspecified atom stereocenters. The zero-order chi connectivity index (χ0) is 19.5. The molecule has 0 fully saturated rings. The molecule has 1 aromatic heterocycles. The van der Waals surface area contributed by atoms with Crippen molar-refractivity contribution in [1.82, 2.24) is 0 Å². The lowest BCUT2D eigenvalue weighted by Crippen LogP contribution is -2.26. The van der Waals surface area contributed by atoms with Crippen LogP contribution in [0.25, 0.3) is 0 Å². The molecule has 2 rings (SSSR count). The zero-order valence-corrected chi connectivity index (χ0v) is 16.9. The van der Waals surface area contributed by atoms with E-state index in [-0.39, 0.29) is 18.4 Å². The molecular weight excluding hydrogens is 354 g/mol. The lowest BCUT2D eigenvalue weighted by Gasteiger charge is -2.33. The predicted octanol–water partition coefficient (Wildman–Crippen LogP) is 3.58. The van der Waals surface area contributed by atoms with Gasteiger partial charge in [0.25, 0.3) is 0 Å². The first-order chi connectivity index (χ1) is 12.2. The fourth-order valence-electron chi connectivity index (χ4n) is 3.21. The molecule has 0 aliphatic heterocycles. The van der Waals surface area contributed by atoms with E-state index >= 15 is 0 Å². The van der Waals surface area contributed by atoms with Gasteiger partial charge in [-0.1, -0.05) is 20.8 Å². The van der Waals surface area contributed by atoms with Gasteiger partial charge in [-0.3, -0.25) is 9.59 Å². The molecule has 1 aliphatic rings.